The fraction of sp³-hybridized carbons (Fsp3) is 0.261. The molecule has 2 aromatic carbocycles. The van der Waals surface area contributed by atoms with Crippen molar-refractivity contribution in [2.45, 2.75) is 25.4 Å². The van der Waals surface area contributed by atoms with Gasteiger partial charge in [0.05, 0.1) is 12.5 Å². The summed E-state index contributed by atoms with van der Waals surface area (Å²) in [6.07, 6.45) is 1.42. The molecule has 5 heteroatoms. The third-order valence-electron chi connectivity index (χ3n) is 5.24. The first-order valence-electron chi connectivity index (χ1n) is 9.54. The summed E-state index contributed by atoms with van der Waals surface area (Å²) in [6.45, 7) is 2.55. The standard InChI is InChI=1S/C23H23ClN2OS/c24-20-9-7-17(8-10-20)14-23(27)25-15-21(22-6-3-13-28-22)26-12-11-18-4-1-2-5-19(18)16-26/h1-10,13,21H,11-12,14-16H2,(H,25,27)/t21-/m1/s1. The third kappa shape index (κ3) is 4.64. The van der Waals surface area contributed by atoms with Crippen LogP contribution in [0.4, 0.5) is 0 Å². The highest BCUT2D eigenvalue weighted by atomic mass is 35.5. The van der Waals surface area contributed by atoms with Crippen LogP contribution in [0.5, 0.6) is 0 Å². The predicted octanol–water partition coefficient (Wildman–Crippen LogP) is 4.86. The van der Waals surface area contributed by atoms with Crippen molar-refractivity contribution >= 4 is 28.8 Å². The number of nitrogens with zero attached hydrogens (tertiary/aromatic N) is 1. The Kier molecular flexibility index (Phi) is 6.10. The lowest BCUT2D eigenvalue weighted by Crippen LogP contribution is -2.40. The molecular weight excluding hydrogens is 388 g/mol. The minimum atomic E-state index is 0.0429. The number of rotatable bonds is 6. The molecule has 1 N–H and O–H groups in total. The van der Waals surface area contributed by atoms with Gasteiger partial charge in [0.1, 0.15) is 0 Å². The fourth-order valence-corrected chi connectivity index (χ4v) is 4.72. The van der Waals surface area contributed by atoms with Gasteiger partial charge in [0.2, 0.25) is 5.91 Å². The molecule has 0 bridgehead atoms. The molecule has 3 nitrogen and oxygen atoms in total. The zero-order chi connectivity index (χ0) is 19.3. The van der Waals surface area contributed by atoms with Gasteiger partial charge < -0.3 is 5.32 Å². The van der Waals surface area contributed by atoms with Crippen LogP contribution in [0, 0.1) is 0 Å². The van der Waals surface area contributed by atoms with Crippen molar-refractivity contribution in [1.82, 2.24) is 10.2 Å². The molecule has 1 amide bonds. The first-order valence-corrected chi connectivity index (χ1v) is 10.8. The Morgan fingerprint density at radius 1 is 1.07 bits per heavy atom. The van der Waals surface area contributed by atoms with E-state index in [-0.39, 0.29) is 11.9 Å². The van der Waals surface area contributed by atoms with Crippen LogP contribution in [-0.4, -0.2) is 23.9 Å². The average Bonchev–Trinajstić information content (AvgIpc) is 3.24. The van der Waals surface area contributed by atoms with Crippen molar-refractivity contribution in [1.29, 1.82) is 0 Å². The summed E-state index contributed by atoms with van der Waals surface area (Å²) in [7, 11) is 0. The van der Waals surface area contributed by atoms with Crippen LogP contribution in [0.1, 0.15) is 27.6 Å². The minimum Gasteiger partial charge on any atom is -0.354 e. The minimum absolute atomic E-state index is 0.0429. The predicted molar refractivity (Wildman–Crippen MR) is 116 cm³/mol. The largest absolute Gasteiger partial charge is 0.354 e. The van der Waals surface area contributed by atoms with E-state index in [0.29, 0.717) is 18.0 Å². The first kappa shape index (κ1) is 19.2. The zero-order valence-electron chi connectivity index (χ0n) is 15.6. The van der Waals surface area contributed by atoms with Gasteiger partial charge >= 0.3 is 0 Å². The number of carbonyl (C=O) groups excluding carboxylic acids is 1. The van der Waals surface area contributed by atoms with Crippen molar-refractivity contribution in [3.63, 3.8) is 0 Å². The maximum Gasteiger partial charge on any atom is 0.224 e. The molecule has 0 unspecified atom stereocenters. The summed E-state index contributed by atoms with van der Waals surface area (Å²) in [6, 6.07) is 20.6. The van der Waals surface area contributed by atoms with Crippen LogP contribution >= 0.6 is 22.9 Å². The number of thiophene rings is 1. The van der Waals surface area contributed by atoms with E-state index in [9.17, 15) is 4.79 Å². The average molecular weight is 411 g/mol. The van der Waals surface area contributed by atoms with Gasteiger partial charge in [0, 0.05) is 29.5 Å². The van der Waals surface area contributed by atoms with E-state index in [0.717, 1.165) is 25.1 Å². The molecular formula is C23H23ClN2OS. The Morgan fingerprint density at radius 3 is 2.61 bits per heavy atom. The van der Waals surface area contributed by atoms with E-state index < -0.39 is 0 Å². The van der Waals surface area contributed by atoms with E-state index >= 15 is 0 Å². The van der Waals surface area contributed by atoms with Gasteiger partial charge in [-0.3, -0.25) is 9.69 Å². The second-order valence-corrected chi connectivity index (χ2v) is 8.54. The van der Waals surface area contributed by atoms with E-state index in [2.05, 4.69) is 52.0 Å². The number of carbonyl (C=O) groups is 1. The van der Waals surface area contributed by atoms with Gasteiger partial charge in [-0.15, -0.1) is 11.3 Å². The quantitative estimate of drug-likeness (QED) is 0.629. The zero-order valence-corrected chi connectivity index (χ0v) is 17.2. The smallest absolute Gasteiger partial charge is 0.224 e. The molecule has 0 aliphatic carbocycles. The molecule has 144 valence electrons. The maximum absolute atomic E-state index is 12.5. The van der Waals surface area contributed by atoms with Crippen LogP contribution in [0.15, 0.2) is 66.0 Å². The summed E-state index contributed by atoms with van der Waals surface area (Å²) >= 11 is 7.68. The number of hydrogen-bond donors (Lipinski definition) is 1. The number of nitrogens with one attached hydrogen (secondary N) is 1. The molecule has 0 spiro atoms. The van der Waals surface area contributed by atoms with Gasteiger partial charge in [0.15, 0.2) is 0 Å². The van der Waals surface area contributed by atoms with E-state index in [1.807, 2.05) is 24.3 Å². The maximum atomic E-state index is 12.5. The van der Waals surface area contributed by atoms with Crippen molar-refractivity contribution < 1.29 is 4.79 Å². The van der Waals surface area contributed by atoms with Crippen LogP contribution in [0.3, 0.4) is 0 Å². The number of amides is 1. The van der Waals surface area contributed by atoms with Gasteiger partial charge in [-0.1, -0.05) is 54.1 Å². The summed E-state index contributed by atoms with van der Waals surface area (Å²) in [5, 5.41) is 5.94. The van der Waals surface area contributed by atoms with Crippen LogP contribution in [0.25, 0.3) is 0 Å². The number of halogens is 1. The Morgan fingerprint density at radius 2 is 1.86 bits per heavy atom. The highest BCUT2D eigenvalue weighted by Crippen LogP contribution is 2.30. The number of hydrogen-bond acceptors (Lipinski definition) is 3. The molecule has 1 aliphatic heterocycles. The van der Waals surface area contributed by atoms with Gasteiger partial charge in [0.25, 0.3) is 0 Å². The van der Waals surface area contributed by atoms with Crippen LogP contribution in [0.2, 0.25) is 5.02 Å². The molecule has 1 aromatic heterocycles. The third-order valence-corrected chi connectivity index (χ3v) is 6.47. The molecule has 1 atom stereocenters. The monoisotopic (exact) mass is 410 g/mol. The molecule has 1 aliphatic rings. The van der Waals surface area contributed by atoms with E-state index in [1.54, 1.807) is 11.3 Å². The van der Waals surface area contributed by atoms with E-state index in [1.165, 1.54) is 16.0 Å². The molecule has 0 fully saturated rings. The highest BCUT2D eigenvalue weighted by Gasteiger charge is 2.25. The number of benzene rings is 2. The Balaban J connectivity index is 1.43. The summed E-state index contributed by atoms with van der Waals surface area (Å²) in [5.41, 5.74) is 3.81. The SMILES string of the molecule is O=C(Cc1ccc(Cl)cc1)NC[C@H](c1cccs1)N1CCc2ccccc2C1. The van der Waals surface area contributed by atoms with Crippen molar-refractivity contribution in [2.24, 2.45) is 0 Å². The van der Waals surface area contributed by atoms with Crippen LogP contribution < -0.4 is 5.32 Å². The molecule has 28 heavy (non-hydrogen) atoms. The lowest BCUT2D eigenvalue weighted by molar-refractivity contribution is -0.120. The second kappa shape index (κ2) is 8.91. The lowest BCUT2D eigenvalue weighted by Gasteiger charge is -2.35. The van der Waals surface area contributed by atoms with Gasteiger partial charge in [-0.05, 0) is 46.7 Å². The molecule has 0 saturated heterocycles. The molecule has 0 saturated carbocycles. The van der Waals surface area contributed by atoms with Gasteiger partial charge in [-0.2, -0.15) is 0 Å². The fourth-order valence-electron chi connectivity index (χ4n) is 3.73. The van der Waals surface area contributed by atoms with E-state index in [4.69, 9.17) is 11.6 Å². The highest BCUT2D eigenvalue weighted by molar-refractivity contribution is 7.10. The normalized spacial score (nSPS) is 15.0. The molecule has 0 radical (unpaired) electrons. The van der Waals surface area contributed by atoms with Crippen molar-refractivity contribution in [3.05, 3.63) is 92.6 Å². The van der Waals surface area contributed by atoms with Crippen molar-refractivity contribution in [2.75, 3.05) is 13.1 Å². The second-order valence-electron chi connectivity index (χ2n) is 7.13. The van der Waals surface area contributed by atoms with Crippen molar-refractivity contribution in [3.8, 4) is 0 Å². The Labute approximate surface area is 175 Å². The summed E-state index contributed by atoms with van der Waals surface area (Å²) in [5.74, 6) is 0.0429. The Bertz CT molecular complexity index is 924. The topological polar surface area (TPSA) is 32.3 Å². The lowest BCUT2D eigenvalue weighted by atomic mass is 9.98. The molecule has 4 rings (SSSR count). The first-order chi connectivity index (χ1) is 13.7. The summed E-state index contributed by atoms with van der Waals surface area (Å²) in [4.78, 5) is 16.3. The molecule has 3 aromatic rings. The Hall–Kier alpha value is -2.14. The van der Waals surface area contributed by atoms with Gasteiger partial charge in [-0.25, -0.2) is 0 Å². The molecule has 2 heterocycles. The number of fused-ring (bicyclic) bond motifs is 1. The van der Waals surface area contributed by atoms with Crippen LogP contribution in [-0.2, 0) is 24.2 Å². The summed E-state index contributed by atoms with van der Waals surface area (Å²) < 4.78 is 0.